The van der Waals surface area contributed by atoms with E-state index in [0.29, 0.717) is 11.6 Å². The van der Waals surface area contributed by atoms with E-state index in [4.69, 9.17) is 0 Å². The molecule has 0 aliphatic carbocycles. The number of anilines is 3. The van der Waals surface area contributed by atoms with Gasteiger partial charge in [-0.1, -0.05) is 36.4 Å². The highest BCUT2D eigenvalue weighted by Gasteiger charge is 2.21. The van der Waals surface area contributed by atoms with Gasteiger partial charge in [-0.2, -0.15) is 0 Å². The van der Waals surface area contributed by atoms with Gasteiger partial charge < -0.3 is 10.2 Å². The number of rotatable bonds is 3. The van der Waals surface area contributed by atoms with Crippen molar-refractivity contribution in [1.29, 1.82) is 0 Å². The number of hydrogen-bond donors (Lipinski definition) is 1. The molecule has 130 valence electrons. The van der Waals surface area contributed by atoms with Crippen molar-refractivity contribution < 1.29 is 4.79 Å². The summed E-state index contributed by atoms with van der Waals surface area (Å²) in [5.41, 5.74) is 4.58. The van der Waals surface area contributed by atoms with Crippen LogP contribution in [0.15, 0.2) is 60.8 Å². The SMILES string of the molecule is Cc1ccccc1NC(=O)c1ccnc(N2CCCc3ccccc32)n1. The second kappa shape index (κ2) is 6.96. The molecule has 1 amide bonds. The number of carbonyl (C=O) groups is 1. The number of para-hydroxylation sites is 2. The van der Waals surface area contributed by atoms with Crippen LogP contribution in [0.25, 0.3) is 0 Å². The highest BCUT2D eigenvalue weighted by molar-refractivity contribution is 6.03. The first-order valence-corrected chi connectivity index (χ1v) is 8.78. The lowest BCUT2D eigenvalue weighted by molar-refractivity contribution is 0.102. The summed E-state index contributed by atoms with van der Waals surface area (Å²) in [6.45, 7) is 2.81. The van der Waals surface area contributed by atoms with Gasteiger partial charge in [0.2, 0.25) is 5.95 Å². The predicted octanol–water partition coefficient (Wildman–Crippen LogP) is 4.12. The maximum absolute atomic E-state index is 12.6. The van der Waals surface area contributed by atoms with Gasteiger partial charge in [0, 0.05) is 24.1 Å². The molecule has 3 aromatic rings. The maximum atomic E-state index is 12.6. The van der Waals surface area contributed by atoms with Gasteiger partial charge >= 0.3 is 0 Å². The molecule has 4 rings (SSSR count). The summed E-state index contributed by atoms with van der Waals surface area (Å²) >= 11 is 0. The van der Waals surface area contributed by atoms with E-state index in [2.05, 4.69) is 38.4 Å². The third kappa shape index (κ3) is 3.16. The Hall–Kier alpha value is -3.21. The van der Waals surface area contributed by atoms with E-state index in [0.717, 1.165) is 36.3 Å². The van der Waals surface area contributed by atoms with Crippen LogP contribution in [0.1, 0.15) is 28.0 Å². The van der Waals surface area contributed by atoms with E-state index < -0.39 is 0 Å². The molecule has 0 atom stereocenters. The Balaban J connectivity index is 1.62. The quantitative estimate of drug-likeness (QED) is 0.776. The largest absolute Gasteiger partial charge is 0.320 e. The first kappa shape index (κ1) is 16.3. The molecule has 0 bridgehead atoms. The van der Waals surface area contributed by atoms with Crippen molar-refractivity contribution in [3.8, 4) is 0 Å². The second-order valence-electron chi connectivity index (χ2n) is 6.39. The summed E-state index contributed by atoms with van der Waals surface area (Å²) in [7, 11) is 0. The third-order valence-corrected chi connectivity index (χ3v) is 4.62. The predicted molar refractivity (Wildman–Crippen MR) is 103 cm³/mol. The van der Waals surface area contributed by atoms with E-state index in [1.165, 1.54) is 5.56 Å². The average molecular weight is 344 g/mol. The summed E-state index contributed by atoms with van der Waals surface area (Å²) in [4.78, 5) is 23.6. The lowest BCUT2D eigenvalue weighted by Crippen LogP contribution is -2.27. The standard InChI is InChI=1S/C21H20N4O/c1-15-7-2-4-10-17(15)23-20(26)18-12-13-22-21(24-18)25-14-6-9-16-8-3-5-11-19(16)25/h2-5,7-8,10-13H,6,9,14H2,1H3,(H,23,26). The van der Waals surface area contributed by atoms with Crippen molar-refractivity contribution in [2.24, 2.45) is 0 Å². The molecular weight excluding hydrogens is 324 g/mol. The van der Waals surface area contributed by atoms with Gasteiger partial charge in [0.25, 0.3) is 5.91 Å². The number of hydrogen-bond acceptors (Lipinski definition) is 4. The number of aryl methyl sites for hydroxylation is 2. The Kier molecular flexibility index (Phi) is 4.35. The number of nitrogens with zero attached hydrogens (tertiary/aromatic N) is 3. The lowest BCUT2D eigenvalue weighted by Gasteiger charge is -2.29. The van der Waals surface area contributed by atoms with Crippen molar-refractivity contribution in [2.45, 2.75) is 19.8 Å². The molecule has 1 aliphatic heterocycles. The lowest BCUT2D eigenvalue weighted by atomic mass is 10.0. The first-order chi connectivity index (χ1) is 12.7. The van der Waals surface area contributed by atoms with Crippen LogP contribution in [-0.2, 0) is 6.42 Å². The van der Waals surface area contributed by atoms with Gasteiger partial charge in [-0.05, 0) is 49.1 Å². The fraction of sp³-hybridized carbons (Fsp3) is 0.190. The summed E-state index contributed by atoms with van der Waals surface area (Å²) in [6.07, 6.45) is 3.74. The van der Waals surface area contributed by atoms with Crippen LogP contribution in [-0.4, -0.2) is 22.4 Å². The van der Waals surface area contributed by atoms with Crippen molar-refractivity contribution in [2.75, 3.05) is 16.8 Å². The van der Waals surface area contributed by atoms with E-state index in [1.807, 2.05) is 37.3 Å². The fourth-order valence-electron chi connectivity index (χ4n) is 3.25. The molecule has 0 spiro atoms. The Morgan fingerprint density at radius 2 is 1.88 bits per heavy atom. The van der Waals surface area contributed by atoms with E-state index in [9.17, 15) is 4.79 Å². The molecule has 2 heterocycles. The third-order valence-electron chi connectivity index (χ3n) is 4.62. The van der Waals surface area contributed by atoms with Crippen molar-refractivity contribution in [3.05, 3.63) is 77.6 Å². The van der Waals surface area contributed by atoms with Gasteiger partial charge in [0.1, 0.15) is 5.69 Å². The molecule has 0 radical (unpaired) electrons. The van der Waals surface area contributed by atoms with Crippen molar-refractivity contribution in [1.82, 2.24) is 9.97 Å². The van der Waals surface area contributed by atoms with E-state index >= 15 is 0 Å². The number of aromatic nitrogens is 2. The number of amides is 1. The molecule has 5 heteroatoms. The second-order valence-corrected chi connectivity index (χ2v) is 6.39. The molecule has 0 saturated carbocycles. The van der Waals surface area contributed by atoms with Crippen LogP contribution in [0.3, 0.4) is 0 Å². The van der Waals surface area contributed by atoms with E-state index in [1.54, 1.807) is 12.3 Å². The van der Waals surface area contributed by atoms with Crippen molar-refractivity contribution in [3.63, 3.8) is 0 Å². The number of nitrogens with one attached hydrogen (secondary N) is 1. The van der Waals surface area contributed by atoms with Gasteiger partial charge in [-0.3, -0.25) is 4.79 Å². The van der Waals surface area contributed by atoms with Gasteiger partial charge in [0.05, 0.1) is 0 Å². The molecule has 26 heavy (non-hydrogen) atoms. The number of benzene rings is 2. The van der Waals surface area contributed by atoms with Crippen LogP contribution in [0.4, 0.5) is 17.3 Å². The van der Waals surface area contributed by atoms with Crippen LogP contribution in [0.2, 0.25) is 0 Å². The molecule has 2 aromatic carbocycles. The van der Waals surface area contributed by atoms with Gasteiger partial charge in [0.15, 0.2) is 0 Å². The fourth-order valence-corrected chi connectivity index (χ4v) is 3.25. The van der Waals surface area contributed by atoms with Crippen LogP contribution < -0.4 is 10.2 Å². The molecule has 0 saturated heterocycles. The average Bonchev–Trinajstić information content (AvgIpc) is 2.69. The Morgan fingerprint density at radius 3 is 2.77 bits per heavy atom. The minimum atomic E-state index is -0.228. The molecular formula is C21H20N4O. The van der Waals surface area contributed by atoms with Crippen molar-refractivity contribution >= 4 is 23.2 Å². The zero-order valence-corrected chi connectivity index (χ0v) is 14.6. The highest BCUT2D eigenvalue weighted by Crippen LogP contribution is 2.31. The smallest absolute Gasteiger partial charge is 0.274 e. The topological polar surface area (TPSA) is 58.1 Å². The normalized spacial score (nSPS) is 13.2. The maximum Gasteiger partial charge on any atom is 0.274 e. The summed E-state index contributed by atoms with van der Waals surface area (Å²) in [6, 6.07) is 17.6. The summed E-state index contributed by atoms with van der Waals surface area (Å²) in [5, 5.41) is 2.93. The monoisotopic (exact) mass is 344 g/mol. The Labute approximate surface area is 152 Å². The van der Waals surface area contributed by atoms with Crippen LogP contribution in [0.5, 0.6) is 0 Å². The van der Waals surface area contributed by atoms with Crippen LogP contribution >= 0.6 is 0 Å². The Bertz CT molecular complexity index is 954. The first-order valence-electron chi connectivity index (χ1n) is 8.78. The zero-order chi connectivity index (χ0) is 17.9. The zero-order valence-electron chi connectivity index (χ0n) is 14.6. The van der Waals surface area contributed by atoms with Gasteiger partial charge in [-0.25, -0.2) is 9.97 Å². The molecule has 1 aromatic heterocycles. The Morgan fingerprint density at radius 1 is 1.08 bits per heavy atom. The van der Waals surface area contributed by atoms with Crippen LogP contribution in [0, 0.1) is 6.92 Å². The minimum Gasteiger partial charge on any atom is -0.320 e. The summed E-state index contributed by atoms with van der Waals surface area (Å²) < 4.78 is 0. The highest BCUT2D eigenvalue weighted by atomic mass is 16.1. The number of fused-ring (bicyclic) bond motifs is 1. The number of carbonyl (C=O) groups excluding carboxylic acids is 1. The minimum absolute atomic E-state index is 0.228. The molecule has 0 unspecified atom stereocenters. The summed E-state index contributed by atoms with van der Waals surface area (Å²) in [5.74, 6) is 0.336. The van der Waals surface area contributed by atoms with E-state index in [-0.39, 0.29) is 5.91 Å². The molecule has 0 fully saturated rings. The molecule has 1 aliphatic rings. The van der Waals surface area contributed by atoms with Gasteiger partial charge in [-0.15, -0.1) is 0 Å². The molecule has 1 N–H and O–H groups in total. The molecule has 5 nitrogen and oxygen atoms in total.